The number of hydrogen-bond acceptors (Lipinski definition) is 7. The number of nitrogens with one attached hydrogen (secondary N) is 2. The monoisotopic (exact) mass is 540 g/mol. The fourth-order valence-electron chi connectivity index (χ4n) is 3.87. The van der Waals surface area contributed by atoms with Gasteiger partial charge in [-0.05, 0) is 79.6 Å². The number of benzene rings is 2. The van der Waals surface area contributed by atoms with E-state index in [1.807, 2.05) is 55.8 Å². The molecule has 0 fully saturated rings. The van der Waals surface area contributed by atoms with Gasteiger partial charge in [0, 0.05) is 16.9 Å². The van der Waals surface area contributed by atoms with Gasteiger partial charge in [-0.2, -0.15) is 11.3 Å². The minimum Gasteiger partial charge on any atom is -0.349 e. The molecule has 0 aliphatic carbocycles. The summed E-state index contributed by atoms with van der Waals surface area (Å²) in [6, 6.07) is 14.4. The minimum absolute atomic E-state index is 0.159. The van der Waals surface area contributed by atoms with E-state index in [2.05, 4.69) is 20.4 Å². The Morgan fingerprint density at radius 2 is 1.78 bits per heavy atom. The molecule has 2 N–H and O–H groups in total. The van der Waals surface area contributed by atoms with E-state index in [1.54, 1.807) is 30.3 Å². The number of carbonyl (C=O) groups excluding carboxylic acids is 2. The number of hydrogen-bond donors (Lipinski definition) is 2. The summed E-state index contributed by atoms with van der Waals surface area (Å²) in [5.41, 5.74) is 2.22. The zero-order chi connectivity index (χ0) is 26.8. The molecule has 194 valence electrons. The highest BCUT2D eigenvalue weighted by atomic mass is 32.2. The summed E-state index contributed by atoms with van der Waals surface area (Å²) in [6.07, 6.45) is 1.06. The van der Waals surface area contributed by atoms with E-state index in [0.717, 1.165) is 6.26 Å². The summed E-state index contributed by atoms with van der Waals surface area (Å²) in [4.78, 5) is 29.0. The second kappa shape index (κ2) is 10.3. The van der Waals surface area contributed by atoms with Crippen molar-refractivity contribution in [1.82, 2.24) is 20.3 Å². The Kier molecular flexibility index (Phi) is 7.32. The van der Waals surface area contributed by atoms with Gasteiger partial charge in [-0.25, -0.2) is 13.1 Å². The Balaban J connectivity index is 1.78. The van der Waals surface area contributed by atoms with Crippen LogP contribution in [0, 0.1) is 0 Å². The zero-order valence-electron chi connectivity index (χ0n) is 20.9. The summed E-state index contributed by atoms with van der Waals surface area (Å²) in [6.45, 7) is 5.45. The molecule has 0 saturated carbocycles. The molecule has 0 radical (unpaired) electrons. The van der Waals surface area contributed by atoms with Crippen molar-refractivity contribution < 1.29 is 18.0 Å². The standard InChI is InChI=1S/C25H28N6O4S2/c1-25(2,3)26-24(33)23(17-13-14-36-16-17)31(19-11-9-18(10-12-19)28-37(4,34)35)22(32)15-30-21-8-6-5-7-20(21)27-29-30/h5-14,16,23,28H,15H2,1-4H3,(H,26,33). The van der Waals surface area contributed by atoms with Crippen molar-refractivity contribution >= 4 is 55.6 Å². The van der Waals surface area contributed by atoms with E-state index in [1.165, 1.54) is 20.9 Å². The normalized spacial score (nSPS) is 12.8. The lowest BCUT2D eigenvalue weighted by molar-refractivity contribution is -0.128. The maximum atomic E-state index is 13.9. The Morgan fingerprint density at radius 3 is 2.41 bits per heavy atom. The van der Waals surface area contributed by atoms with Crippen LogP contribution in [0.2, 0.25) is 0 Å². The van der Waals surface area contributed by atoms with E-state index in [9.17, 15) is 18.0 Å². The van der Waals surface area contributed by atoms with Crippen molar-refractivity contribution in [3.8, 4) is 0 Å². The van der Waals surface area contributed by atoms with Crippen LogP contribution in [0.15, 0.2) is 65.4 Å². The van der Waals surface area contributed by atoms with Crippen LogP contribution in [0.25, 0.3) is 11.0 Å². The topological polar surface area (TPSA) is 126 Å². The summed E-state index contributed by atoms with van der Waals surface area (Å²) in [5.74, 6) is -0.735. The smallest absolute Gasteiger partial charge is 0.249 e. The summed E-state index contributed by atoms with van der Waals surface area (Å²) < 4.78 is 27.2. The van der Waals surface area contributed by atoms with Crippen LogP contribution >= 0.6 is 11.3 Å². The van der Waals surface area contributed by atoms with E-state index in [4.69, 9.17) is 0 Å². The molecular weight excluding hydrogens is 512 g/mol. The van der Waals surface area contributed by atoms with E-state index in [-0.39, 0.29) is 18.4 Å². The predicted octanol–water partition coefficient (Wildman–Crippen LogP) is 3.55. The van der Waals surface area contributed by atoms with Gasteiger partial charge in [0.1, 0.15) is 18.1 Å². The molecule has 2 aromatic carbocycles. The fourth-order valence-corrected chi connectivity index (χ4v) is 5.11. The Hall–Kier alpha value is -3.77. The van der Waals surface area contributed by atoms with Crippen LogP contribution < -0.4 is 14.9 Å². The average Bonchev–Trinajstić information content (AvgIpc) is 3.46. The average molecular weight is 541 g/mol. The van der Waals surface area contributed by atoms with Gasteiger partial charge in [0.25, 0.3) is 0 Å². The third-order valence-electron chi connectivity index (χ3n) is 5.29. The van der Waals surface area contributed by atoms with E-state index >= 15 is 0 Å². The van der Waals surface area contributed by atoms with Gasteiger partial charge >= 0.3 is 0 Å². The van der Waals surface area contributed by atoms with Crippen LogP contribution in [0.5, 0.6) is 0 Å². The molecule has 1 unspecified atom stereocenters. The Labute approximate surface area is 219 Å². The zero-order valence-corrected chi connectivity index (χ0v) is 22.5. The molecule has 10 nitrogen and oxygen atoms in total. The van der Waals surface area contributed by atoms with Crippen LogP contribution in [-0.2, 0) is 26.2 Å². The molecule has 2 heterocycles. The lowest BCUT2D eigenvalue weighted by Gasteiger charge is -2.33. The first-order valence-electron chi connectivity index (χ1n) is 11.4. The molecule has 1 atom stereocenters. The lowest BCUT2D eigenvalue weighted by Crippen LogP contribution is -2.50. The first kappa shape index (κ1) is 26.3. The van der Waals surface area contributed by atoms with Crippen LogP contribution in [0.4, 0.5) is 11.4 Å². The maximum absolute atomic E-state index is 13.9. The van der Waals surface area contributed by atoms with Crippen molar-refractivity contribution in [2.75, 3.05) is 15.9 Å². The number of carbonyl (C=O) groups is 2. The fraction of sp³-hybridized carbons (Fsp3) is 0.280. The van der Waals surface area contributed by atoms with Crippen LogP contribution in [-0.4, -0.2) is 47.0 Å². The largest absolute Gasteiger partial charge is 0.349 e. The number of thiophene rings is 1. The number of para-hydroxylation sites is 1. The minimum atomic E-state index is -3.48. The predicted molar refractivity (Wildman–Crippen MR) is 145 cm³/mol. The van der Waals surface area contributed by atoms with Crippen LogP contribution in [0.1, 0.15) is 32.4 Å². The Bertz CT molecular complexity index is 1510. The first-order valence-corrected chi connectivity index (χ1v) is 14.3. The number of sulfonamides is 1. The highest BCUT2D eigenvalue weighted by Crippen LogP contribution is 2.31. The van der Waals surface area contributed by atoms with Crippen molar-refractivity contribution in [3.05, 3.63) is 70.9 Å². The van der Waals surface area contributed by atoms with E-state index < -0.39 is 21.6 Å². The third-order valence-corrected chi connectivity index (χ3v) is 6.59. The highest BCUT2D eigenvalue weighted by Gasteiger charge is 2.35. The molecule has 0 aliphatic rings. The highest BCUT2D eigenvalue weighted by molar-refractivity contribution is 7.92. The number of fused-ring (bicyclic) bond motifs is 1. The second-order valence-electron chi connectivity index (χ2n) is 9.62. The summed E-state index contributed by atoms with van der Waals surface area (Å²) in [7, 11) is -3.48. The van der Waals surface area contributed by atoms with Gasteiger partial charge in [0.15, 0.2) is 0 Å². The molecular formula is C25H28N6O4S2. The molecule has 0 bridgehead atoms. The SMILES string of the molecule is CC(C)(C)NC(=O)C(c1ccsc1)N(C(=O)Cn1nnc2ccccc21)c1ccc(NS(C)(=O)=O)cc1. The molecule has 4 aromatic rings. The number of aromatic nitrogens is 3. The van der Waals surface area contributed by atoms with Crippen LogP contribution in [0.3, 0.4) is 0 Å². The van der Waals surface area contributed by atoms with Crippen molar-refractivity contribution in [3.63, 3.8) is 0 Å². The van der Waals surface area contributed by atoms with Gasteiger partial charge in [-0.3, -0.25) is 19.2 Å². The van der Waals surface area contributed by atoms with E-state index in [0.29, 0.717) is 28.0 Å². The number of rotatable bonds is 8. The summed E-state index contributed by atoms with van der Waals surface area (Å²) in [5, 5.41) is 14.9. The van der Waals surface area contributed by atoms with Gasteiger partial charge in [-0.1, -0.05) is 17.3 Å². The molecule has 37 heavy (non-hydrogen) atoms. The Morgan fingerprint density at radius 1 is 1.08 bits per heavy atom. The third kappa shape index (κ3) is 6.52. The maximum Gasteiger partial charge on any atom is 0.249 e. The first-order chi connectivity index (χ1) is 17.4. The van der Waals surface area contributed by atoms with Gasteiger partial charge in [-0.15, -0.1) is 5.10 Å². The number of anilines is 2. The molecule has 2 aromatic heterocycles. The molecule has 0 spiro atoms. The van der Waals surface area contributed by atoms with Crippen molar-refractivity contribution in [1.29, 1.82) is 0 Å². The van der Waals surface area contributed by atoms with Gasteiger partial charge in [0.2, 0.25) is 21.8 Å². The van der Waals surface area contributed by atoms with Gasteiger partial charge in [0.05, 0.1) is 11.8 Å². The second-order valence-corrected chi connectivity index (χ2v) is 12.1. The van der Waals surface area contributed by atoms with Crippen molar-refractivity contribution in [2.24, 2.45) is 0 Å². The molecule has 4 rings (SSSR count). The quantitative estimate of drug-likeness (QED) is 0.352. The molecule has 12 heteroatoms. The number of amides is 2. The van der Waals surface area contributed by atoms with Gasteiger partial charge < -0.3 is 5.32 Å². The molecule has 2 amide bonds. The number of nitrogens with zero attached hydrogens (tertiary/aromatic N) is 4. The molecule has 0 saturated heterocycles. The van der Waals surface area contributed by atoms with Crippen molar-refractivity contribution in [2.45, 2.75) is 38.9 Å². The molecule has 0 aliphatic heterocycles. The summed E-state index contributed by atoms with van der Waals surface area (Å²) >= 11 is 1.42. The lowest BCUT2D eigenvalue weighted by atomic mass is 10.0.